The number of nitrogens with zero attached hydrogens (tertiary/aromatic N) is 4. The summed E-state index contributed by atoms with van der Waals surface area (Å²) in [5, 5.41) is 2.79. The molecule has 3 aromatic carbocycles. The van der Waals surface area contributed by atoms with Crippen LogP contribution in [0.1, 0.15) is 22.6 Å². The van der Waals surface area contributed by atoms with Crippen LogP contribution >= 0.6 is 0 Å². The lowest BCUT2D eigenvalue weighted by atomic mass is 9.90. The van der Waals surface area contributed by atoms with Gasteiger partial charge in [-0.1, -0.05) is 24.3 Å². The Kier molecular flexibility index (Phi) is 7.83. The zero-order valence-electron chi connectivity index (χ0n) is 22.2. The number of halogens is 1. The molecule has 0 saturated carbocycles. The number of likely N-dealkylation sites (N-methyl/N-ethyl adjacent to an activating group) is 2. The largest absolute Gasteiger partial charge is 0.326 e. The monoisotopic (exact) mass is 528 g/mol. The van der Waals surface area contributed by atoms with Crippen LogP contribution in [0.3, 0.4) is 0 Å². The summed E-state index contributed by atoms with van der Waals surface area (Å²) in [7, 11) is 3.87. The maximum Gasteiger partial charge on any atom is 0.240 e. The van der Waals surface area contributed by atoms with Crippen LogP contribution < -0.4 is 16.0 Å². The molecule has 39 heavy (non-hydrogen) atoms. The van der Waals surface area contributed by atoms with Crippen LogP contribution in [-0.4, -0.2) is 74.1 Å². The Morgan fingerprint density at radius 3 is 2.54 bits per heavy atom. The predicted molar refractivity (Wildman–Crippen MR) is 152 cm³/mol. The van der Waals surface area contributed by atoms with E-state index < -0.39 is 11.7 Å². The van der Waals surface area contributed by atoms with Crippen LogP contribution in [0.15, 0.2) is 71.7 Å². The maximum absolute atomic E-state index is 13.9. The SMILES string of the molecule is CN1CCN(CC(=O)N(C)c2ccc(N=C(c3cccc(CN)c3)C3C(=O)Nc4cc(F)ccc43)cc2)CC1. The molecular weight excluding hydrogens is 495 g/mol. The van der Waals surface area contributed by atoms with Gasteiger partial charge in [-0.25, -0.2) is 4.39 Å². The first kappa shape index (κ1) is 26.7. The molecule has 9 heteroatoms. The molecule has 2 heterocycles. The highest BCUT2D eigenvalue weighted by Crippen LogP contribution is 2.37. The van der Waals surface area contributed by atoms with E-state index in [-0.39, 0.29) is 11.8 Å². The van der Waals surface area contributed by atoms with E-state index in [4.69, 9.17) is 10.7 Å². The molecule has 1 saturated heterocycles. The van der Waals surface area contributed by atoms with E-state index in [0.717, 1.165) is 43.0 Å². The van der Waals surface area contributed by atoms with Crippen molar-refractivity contribution in [3.8, 4) is 0 Å². The maximum atomic E-state index is 13.9. The van der Waals surface area contributed by atoms with Gasteiger partial charge in [-0.15, -0.1) is 0 Å². The first-order valence-corrected chi connectivity index (χ1v) is 13.1. The molecule has 1 fully saturated rings. The number of nitrogens with one attached hydrogen (secondary N) is 1. The molecule has 2 amide bonds. The number of carbonyl (C=O) groups excluding carboxylic acids is 2. The Bertz CT molecular complexity index is 1400. The van der Waals surface area contributed by atoms with E-state index in [0.29, 0.717) is 35.7 Å². The van der Waals surface area contributed by atoms with E-state index in [9.17, 15) is 14.0 Å². The third-order valence-electron chi connectivity index (χ3n) is 7.39. The number of hydrogen-bond donors (Lipinski definition) is 2. The van der Waals surface area contributed by atoms with Crippen LogP contribution in [0.5, 0.6) is 0 Å². The molecule has 1 unspecified atom stereocenters. The second-order valence-corrected chi connectivity index (χ2v) is 10.1. The molecule has 0 aliphatic carbocycles. The molecule has 2 aliphatic heterocycles. The molecule has 0 spiro atoms. The van der Waals surface area contributed by atoms with Crippen molar-refractivity contribution in [3.05, 3.63) is 89.2 Å². The van der Waals surface area contributed by atoms with Gasteiger partial charge in [-0.3, -0.25) is 19.5 Å². The number of piperazine rings is 1. The third-order valence-corrected chi connectivity index (χ3v) is 7.39. The van der Waals surface area contributed by atoms with Crippen LogP contribution in [0.4, 0.5) is 21.5 Å². The van der Waals surface area contributed by atoms with Crippen molar-refractivity contribution in [2.75, 3.05) is 57.0 Å². The standard InChI is InChI=1S/C30H33FN6O2/c1-35-12-14-37(15-13-35)19-27(38)36(2)24-9-7-23(8-10-24)33-29(21-5-3-4-20(16-21)18-32)28-25-11-6-22(31)17-26(25)34-30(28)39/h3-11,16-17,28H,12-15,18-19,32H2,1-2H3,(H,34,39). The average Bonchev–Trinajstić information content (AvgIpc) is 3.27. The number of benzene rings is 3. The number of aliphatic imine (C=N–C) groups is 1. The van der Waals surface area contributed by atoms with Gasteiger partial charge in [0.1, 0.15) is 11.7 Å². The number of carbonyl (C=O) groups is 2. The second-order valence-electron chi connectivity index (χ2n) is 10.1. The minimum Gasteiger partial charge on any atom is -0.326 e. The van der Waals surface area contributed by atoms with Crippen molar-refractivity contribution in [1.82, 2.24) is 9.80 Å². The van der Waals surface area contributed by atoms with Crippen molar-refractivity contribution in [1.29, 1.82) is 0 Å². The van der Waals surface area contributed by atoms with Gasteiger partial charge in [0.05, 0.1) is 17.9 Å². The topological polar surface area (TPSA) is 94.3 Å². The van der Waals surface area contributed by atoms with Crippen molar-refractivity contribution < 1.29 is 14.0 Å². The molecule has 0 radical (unpaired) electrons. The fourth-order valence-electron chi connectivity index (χ4n) is 5.00. The highest BCUT2D eigenvalue weighted by atomic mass is 19.1. The second kappa shape index (κ2) is 11.4. The summed E-state index contributed by atoms with van der Waals surface area (Å²) in [6.45, 7) is 4.40. The van der Waals surface area contributed by atoms with Crippen molar-refractivity contribution in [2.45, 2.75) is 12.5 Å². The first-order chi connectivity index (χ1) is 18.8. The molecule has 1 atom stereocenters. The van der Waals surface area contributed by atoms with Crippen LogP contribution in [0.25, 0.3) is 0 Å². The minimum atomic E-state index is -0.707. The molecule has 8 nitrogen and oxygen atoms in total. The number of rotatable bonds is 7. The lowest BCUT2D eigenvalue weighted by molar-refractivity contribution is -0.120. The number of fused-ring (bicyclic) bond motifs is 1. The summed E-state index contributed by atoms with van der Waals surface area (Å²) in [6.07, 6.45) is 0. The summed E-state index contributed by atoms with van der Waals surface area (Å²) >= 11 is 0. The fraction of sp³-hybridized carbons (Fsp3) is 0.300. The summed E-state index contributed by atoms with van der Waals surface area (Å²) in [5.74, 6) is -1.36. The number of amides is 2. The van der Waals surface area contributed by atoms with Gasteiger partial charge in [-0.05, 0) is 66.2 Å². The lowest BCUT2D eigenvalue weighted by Crippen LogP contribution is -2.48. The normalized spacial score (nSPS) is 18.1. The number of anilines is 2. The van der Waals surface area contributed by atoms with Crippen molar-refractivity contribution >= 4 is 34.6 Å². The first-order valence-electron chi connectivity index (χ1n) is 13.1. The average molecular weight is 529 g/mol. The molecule has 0 aromatic heterocycles. The minimum absolute atomic E-state index is 0.0292. The van der Waals surface area contributed by atoms with Gasteiger partial charge in [0, 0.05) is 51.1 Å². The van der Waals surface area contributed by atoms with E-state index >= 15 is 0 Å². The highest BCUT2D eigenvalue weighted by molar-refractivity contribution is 6.24. The molecule has 2 aliphatic rings. The molecule has 0 bridgehead atoms. The van der Waals surface area contributed by atoms with Crippen molar-refractivity contribution in [3.63, 3.8) is 0 Å². The zero-order chi connectivity index (χ0) is 27.5. The van der Waals surface area contributed by atoms with Gasteiger partial charge in [0.15, 0.2) is 0 Å². The molecule has 202 valence electrons. The van der Waals surface area contributed by atoms with E-state index in [1.807, 2.05) is 48.5 Å². The van der Waals surface area contributed by atoms with E-state index in [2.05, 4.69) is 22.2 Å². The molecule has 3 aromatic rings. The van der Waals surface area contributed by atoms with Gasteiger partial charge >= 0.3 is 0 Å². The third kappa shape index (κ3) is 5.90. The number of hydrogen-bond acceptors (Lipinski definition) is 6. The predicted octanol–water partition coefficient (Wildman–Crippen LogP) is 3.35. The molecule has 5 rings (SSSR count). The molecule has 3 N–H and O–H groups in total. The summed E-state index contributed by atoms with van der Waals surface area (Å²) in [4.78, 5) is 37.0. The van der Waals surface area contributed by atoms with E-state index in [1.165, 1.54) is 12.1 Å². The molecular formula is C30H33FN6O2. The van der Waals surface area contributed by atoms with Crippen LogP contribution in [0.2, 0.25) is 0 Å². The van der Waals surface area contributed by atoms with Crippen molar-refractivity contribution in [2.24, 2.45) is 10.7 Å². The summed E-state index contributed by atoms with van der Waals surface area (Å²) in [5.41, 5.74) is 10.6. The van der Waals surface area contributed by atoms with Crippen LogP contribution in [-0.2, 0) is 16.1 Å². The Morgan fingerprint density at radius 1 is 1.08 bits per heavy atom. The summed E-state index contributed by atoms with van der Waals surface area (Å²) < 4.78 is 13.9. The smallest absolute Gasteiger partial charge is 0.240 e. The Balaban J connectivity index is 1.42. The highest BCUT2D eigenvalue weighted by Gasteiger charge is 2.35. The Labute approximate surface area is 227 Å². The Morgan fingerprint density at radius 2 is 1.82 bits per heavy atom. The quantitative estimate of drug-likeness (QED) is 0.459. The van der Waals surface area contributed by atoms with Gasteiger partial charge in [0.2, 0.25) is 11.8 Å². The number of nitrogens with two attached hydrogens (primary N) is 1. The van der Waals surface area contributed by atoms with Gasteiger partial charge < -0.3 is 20.9 Å². The van der Waals surface area contributed by atoms with E-state index in [1.54, 1.807) is 18.0 Å². The lowest BCUT2D eigenvalue weighted by Gasteiger charge is -2.32. The van der Waals surface area contributed by atoms with Crippen LogP contribution in [0, 0.1) is 5.82 Å². The fourth-order valence-corrected chi connectivity index (χ4v) is 5.00. The van der Waals surface area contributed by atoms with Gasteiger partial charge in [-0.2, -0.15) is 0 Å². The summed E-state index contributed by atoms with van der Waals surface area (Å²) in [6, 6.07) is 19.3. The Hall–Kier alpha value is -3.92. The van der Waals surface area contributed by atoms with Gasteiger partial charge in [0.25, 0.3) is 0 Å². The zero-order valence-corrected chi connectivity index (χ0v) is 22.2.